The molecule has 0 radical (unpaired) electrons. The number of fused-ring (bicyclic) bond motifs is 2. The number of hydrogen-bond acceptors (Lipinski definition) is 1. The zero-order valence-electron chi connectivity index (χ0n) is 20.0. The molecular weight excluding hydrogens is 456 g/mol. The van der Waals surface area contributed by atoms with Gasteiger partial charge in [-0.3, -0.25) is 0 Å². The first-order valence-corrected chi connectivity index (χ1v) is 12.3. The van der Waals surface area contributed by atoms with Crippen LogP contribution in [0.15, 0.2) is 122 Å². The van der Waals surface area contributed by atoms with E-state index in [1.54, 1.807) is 6.07 Å². The van der Waals surface area contributed by atoms with Gasteiger partial charge in [0.15, 0.2) is 12.1 Å². The molecule has 1 unspecified atom stereocenters. The number of aromatic hydroxyl groups is 1. The van der Waals surface area contributed by atoms with E-state index in [9.17, 15) is 5.11 Å². The quantitative estimate of drug-likeness (QED) is 0.190. The Morgan fingerprint density at radius 2 is 1.46 bits per heavy atom. The van der Waals surface area contributed by atoms with E-state index < -0.39 is 0 Å². The van der Waals surface area contributed by atoms with Crippen LogP contribution in [-0.2, 0) is 0 Å². The third-order valence-corrected chi connectivity index (χ3v) is 7.01. The molecule has 0 bridgehead atoms. The molecule has 1 atom stereocenters. The number of aromatic amines is 2. The van der Waals surface area contributed by atoms with Gasteiger partial charge in [0, 0.05) is 22.4 Å². The minimum Gasteiger partial charge on any atom is -0.507 e. The second-order valence-electron chi connectivity index (χ2n) is 9.19. The van der Waals surface area contributed by atoms with Crippen molar-refractivity contribution in [3.63, 3.8) is 0 Å². The van der Waals surface area contributed by atoms with Gasteiger partial charge in [0.25, 0.3) is 0 Å². The van der Waals surface area contributed by atoms with E-state index in [1.807, 2.05) is 47.2 Å². The third-order valence-electron chi connectivity index (χ3n) is 7.01. The monoisotopic (exact) mass is 480 g/mol. The van der Waals surface area contributed by atoms with Gasteiger partial charge in [-0.05, 0) is 35.5 Å². The van der Waals surface area contributed by atoms with Gasteiger partial charge in [-0.25, -0.2) is 0 Å². The Bertz CT molecular complexity index is 1860. The SMILES string of the molecule is Oc1ccccc1-c1[nH]c(-[n+]2[c-]n(C(c3ccccc3)c3[nH]cc4ccccc34)cc2)c2ccccc12. The molecule has 3 aromatic heterocycles. The van der Waals surface area contributed by atoms with Gasteiger partial charge in [-0.15, -0.1) is 0 Å². The maximum absolute atomic E-state index is 10.6. The van der Waals surface area contributed by atoms with Gasteiger partial charge < -0.3 is 24.2 Å². The van der Waals surface area contributed by atoms with Crippen LogP contribution in [0.5, 0.6) is 5.75 Å². The van der Waals surface area contributed by atoms with Crippen molar-refractivity contribution in [1.82, 2.24) is 14.5 Å². The Kier molecular flexibility index (Phi) is 4.93. The average Bonchev–Trinajstić information content (AvgIpc) is 3.68. The van der Waals surface area contributed by atoms with E-state index in [1.165, 1.54) is 16.3 Å². The van der Waals surface area contributed by atoms with Gasteiger partial charge in [0.2, 0.25) is 0 Å². The lowest BCUT2D eigenvalue weighted by Crippen LogP contribution is -2.29. The van der Waals surface area contributed by atoms with E-state index in [-0.39, 0.29) is 11.8 Å². The molecule has 0 fully saturated rings. The summed E-state index contributed by atoms with van der Waals surface area (Å²) in [6, 6.07) is 34.5. The largest absolute Gasteiger partial charge is 0.507 e. The summed E-state index contributed by atoms with van der Waals surface area (Å²) in [4.78, 5) is 7.11. The highest BCUT2D eigenvalue weighted by Crippen LogP contribution is 2.36. The standard InChI is InChI=1S/C32H24N4O/c37-28-17-9-8-16-27(28)29-25-14-6-7-15-26(25)32(34-29)36-19-18-35(21-36)31(22-10-2-1-3-11-22)30-24-13-5-4-12-23(24)20-33-30/h1-20,31,33-34,37H. The van der Waals surface area contributed by atoms with Crippen LogP contribution in [0.1, 0.15) is 17.3 Å². The summed E-state index contributed by atoms with van der Waals surface area (Å²) in [5.74, 6) is 1.14. The van der Waals surface area contributed by atoms with Crippen LogP contribution in [-0.4, -0.2) is 19.6 Å². The summed E-state index contributed by atoms with van der Waals surface area (Å²) in [6.07, 6.45) is 9.72. The number of aromatic nitrogens is 4. The molecule has 37 heavy (non-hydrogen) atoms. The topological polar surface area (TPSA) is 60.6 Å². The van der Waals surface area contributed by atoms with Gasteiger partial charge >= 0.3 is 0 Å². The Balaban J connectivity index is 1.40. The van der Waals surface area contributed by atoms with Crippen molar-refractivity contribution < 1.29 is 9.67 Å². The molecule has 0 aliphatic rings. The molecule has 3 heterocycles. The number of nitrogens with one attached hydrogen (secondary N) is 2. The van der Waals surface area contributed by atoms with Gasteiger partial charge in [-0.2, -0.15) is 0 Å². The van der Waals surface area contributed by atoms with Crippen LogP contribution in [0.4, 0.5) is 0 Å². The maximum atomic E-state index is 10.6. The van der Waals surface area contributed by atoms with E-state index >= 15 is 0 Å². The lowest BCUT2D eigenvalue weighted by Gasteiger charge is -2.18. The Hall–Kier alpha value is -5.03. The summed E-state index contributed by atoms with van der Waals surface area (Å²) in [5.41, 5.74) is 3.93. The molecule has 0 amide bonds. The number of nitrogens with zero attached hydrogens (tertiary/aromatic N) is 2. The average molecular weight is 481 g/mol. The number of rotatable bonds is 5. The fraction of sp³-hybridized carbons (Fsp3) is 0.0312. The smallest absolute Gasteiger partial charge is 0.172 e. The Morgan fingerprint density at radius 3 is 2.30 bits per heavy atom. The first-order valence-electron chi connectivity index (χ1n) is 12.3. The third kappa shape index (κ3) is 3.52. The summed E-state index contributed by atoms with van der Waals surface area (Å²) in [7, 11) is 0. The van der Waals surface area contributed by atoms with Gasteiger partial charge in [0.05, 0.1) is 11.3 Å². The molecule has 0 aliphatic carbocycles. The van der Waals surface area contributed by atoms with Crippen LogP contribution in [0.3, 0.4) is 0 Å². The van der Waals surface area contributed by atoms with Crippen LogP contribution in [0, 0.1) is 6.33 Å². The molecule has 3 N–H and O–H groups in total. The van der Waals surface area contributed by atoms with Gasteiger partial charge in [0.1, 0.15) is 17.5 Å². The number of benzene rings is 4. The van der Waals surface area contributed by atoms with Crippen molar-refractivity contribution in [2.24, 2.45) is 0 Å². The van der Waals surface area contributed by atoms with E-state index in [2.05, 4.69) is 93.9 Å². The number of H-pyrrole nitrogens is 2. The molecule has 7 rings (SSSR count). The highest BCUT2D eigenvalue weighted by Gasteiger charge is 2.22. The van der Waals surface area contributed by atoms with Crippen LogP contribution >= 0.6 is 0 Å². The fourth-order valence-electron chi connectivity index (χ4n) is 5.28. The van der Waals surface area contributed by atoms with Crippen molar-refractivity contribution in [3.05, 3.63) is 139 Å². The van der Waals surface area contributed by atoms with Crippen molar-refractivity contribution in [1.29, 1.82) is 0 Å². The molecule has 0 spiro atoms. The van der Waals surface area contributed by atoms with E-state index in [0.29, 0.717) is 0 Å². The first kappa shape index (κ1) is 21.3. The fourth-order valence-corrected chi connectivity index (χ4v) is 5.28. The number of phenols is 1. The lowest BCUT2D eigenvalue weighted by molar-refractivity contribution is -0.601. The highest BCUT2D eigenvalue weighted by molar-refractivity contribution is 6.00. The summed E-state index contributed by atoms with van der Waals surface area (Å²) < 4.78 is 4.11. The molecule has 4 aromatic carbocycles. The molecule has 0 saturated carbocycles. The van der Waals surface area contributed by atoms with Crippen LogP contribution in [0.25, 0.3) is 38.6 Å². The molecule has 0 aliphatic heterocycles. The van der Waals surface area contributed by atoms with Gasteiger partial charge in [-0.1, -0.05) is 91.0 Å². The molecule has 178 valence electrons. The minimum atomic E-state index is -0.0822. The Morgan fingerprint density at radius 1 is 0.757 bits per heavy atom. The zero-order valence-corrected chi connectivity index (χ0v) is 20.0. The number of para-hydroxylation sites is 1. The predicted molar refractivity (Wildman–Crippen MR) is 146 cm³/mol. The normalized spacial score (nSPS) is 12.3. The summed E-state index contributed by atoms with van der Waals surface area (Å²) >= 11 is 0. The zero-order chi connectivity index (χ0) is 24.8. The molecule has 7 aromatic rings. The predicted octanol–water partition coefficient (Wildman–Crippen LogP) is 6.54. The minimum absolute atomic E-state index is 0.0822. The highest BCUT2D eigenvalue weighted by atomic mass is 16.3. The van der Waals surface area contributed by atoms with E-state index in [0.717, 1.165) is 33.5 Å². The number of imidazole rings is 1. The number of phenolic OH excluding ortho intramolecular Hbond substituents is 1. The van der Waals surface area contributed by atoms with Crippen molar-refractivity contribution in [2.45, 2.75) is 6.04 Å². The Labute approximate surface area is 213 Å². The number of hydrogen-bond donors (Lipinski definition) is 3. The summed E-state index contributed by atoms with van der Waals surface area (Å²) in [6.45, 7) is 0. The van der Waals surface area contributed by atoms with Crippen LogP contribution in [0.2, 0.25) is 0 Å². The second kappa shape index (κ2) is 8.57. The summed E-state index contributed by atoms with van der Waals surface area (Å²) in [5, 5.41) is 15.0. The second-order valence-corrected chi connectivity index (χ2v) is 9.19. The maximum Gasteiger partial charge on any atom is 0.172 e. The van der Waals surface area contributed by atoms with Crippen molar-refractivity contribution >= 4 is 21.5 Å². The molecule has 5 heteroatoms. The van der Waals surface area contributed by atoms with E-state index in [4.69, 9.17) is 0 Å². The van der Waals surface area contributed by atoms with Crippen LogP contribution < -0.4 is 4.57 Å². The molecule has 5 nitrogen and oxygen atoms in total. The van der Waals surface area contributed by atoms with Crippen molar-refractivity contribution in [3.8, 4) is 22.8 Å². The first-order chi connectivity index (χ1) is 18.3. The molecule has 0 saturated heterocycles. The lowest BCUT2D eigenvalue weighted by atomic mass is 10.0. The molecular formula is C32H24N4O. The van der Waals surface area contributed by atoms with Crippen molar-refractivity contribution in [2.75, 3.05) is 0 Å².